The molecule has 0 heterocycles. The number of allylic oxidation sites excluding steroid dienone is 2. The summed E-state index contributed by atoms with van der Waals surface area (Å²) in [5.74, 6) is -0.964. The fraction of sp³-hybridized carbons (Fsp3) is 0.273. The predicted molar refractivity (Wildman–Crippen MR) is 99.9 cm³/mol. The van der Waals surface area contributed by atoms with Gasteiger partial charge in [-0.2, -0.15) is 0 Å². The van der Waals surface area contributed by atoms with Gasteiger partial charge in [0.2, 0.25) is 0 Å². The first kappa shape index (κ1) is 17.9. The standard InChI is InChI=1S/C22H22O4/c1-3-26-22(24)21-19(15-8-5-4-6-9-15)13-17(14-20(21)23)16-10-7-11-18(12-16)25-2/h4-12,14,19,21H,3,13H2,1-2H3/t19-,21-/m1/s1. The van der Waals surface area contributed by atoms with Crippen LogP contribution < -0.4 is 4.74 Å². The summed E-state index contributed by atoms with van der Waals surface area (Å²) in [5.41, 5.74) is 2.80. The van der Waals surface area contributed by atoms with E-state index in [1.165, 1.54) is 0 Å². The Morgan fingerprint density at radius 2 is 1.88 bits per heavy atom. The van der Waals surface area contributed by atoms with Gasteiger partial charge in [-0.3, -0.25) is 9.59 Å². The Bertz CT molecular complexity index is 823. The van der Waals surface area contributed by atoms with Crippen molar-refractivity contribution in [3.8, 4) is 5.75 Å². The first-order chi connectivity index (χ1) is 12.6. The van der Waals surface area contributed by atoms with Crippen molar-refractivity contribution in [2.75, 3.05) is 13.7 Å². The first-order valence-corrected chi connectivity index (χ1v) is 8.74. The normalized spacial score (nSPS) is 19.6. The Hall–Kier alpha value is -2.88. The van der Waals surface area contributed by atoms with E-state index in [1.807, 2.05) is 54.6 Å². The number of esters is 1. The van der Waals surface area contributed by atoms with E-state index in [9.17, 15) is 9.59 Å². The molecule has 0 fully saturated rings. The molecule has 2 aromatic rings. The summed E-state index contributed by atoms with van der Waals surface area (Å²) in [7, 11) is 1.61. The minimum Gasteiger partial charge on any atom is -0.497 e. The van der Waals surface area contributed by atoms with Gasteiger partial charge in [-0.05, 0) is 48.3 Å². The van der Waals surface area contributed by atoms with Crippen LogP contribution in [-0.2, 0) is 14.3 Å². The maximum atomic E-state index is 12.8. The van der Waals surface area contributed by atoms with E-state index in [-0.39, 0.29) is 18.3 Å². The molecule has 4 nitrogen and oxygen atoms in total. The van der Waals surface area contributed by atoms with E-state index < -0.39 is 11.9 Å². The number of benzene rings is 2. The quantitative estimate of drug-likeness (QED) is 0.604. The van der Waals surface area contributed by atoms with Crippen molar-refractivity contribution in [1.82, 2.24) is 0 Å². The number of carbonyl (C=O) groups excluding carboxylic acids is 2. The van der Waals surface area contributed by atoms with E-state index in [0.717, 1.165) is 22.4 Å². The van der Waals surface area contributed by atoms with Gasteiger partial charge in [0.15, 0.2) is 5.78 Å². The van der Waals surface area contributed by atoms with Crippen molar-refractivity contribution < 1.29 is 19.1 Å². The van der Waals surface area contributed by atoms with Gasteiger partial charge >= 0.3 is 5.97 Å². The number of carbonyl (C=O) groups is 2. The topological polar surface area (TPSA) is 52.6 Å². The van der Waals surface area contributed by atoms with Crippen LogP contribution in [0.3, 0.4) is 0 Å². The lowest BCUT2D eigenvalue weighted by Crippen LogP contribution is -2.34. The second-order valence-electron chi connectivity index (χ2n) is 6.25. The van der Waals surface area contributed by atoms with Crippen LogP contribution in [0.2, 0.25) is 0 Å². The van der Waals surface area contributed by atoms with Crippen molar-refractivity contribution in [2.24, 2.45) is 5.92 Å². The Kier molecular flexibility index (Phi) is 5.52. The van der Waals surface area contributed by atoms with Crippen molar-refractivity contribution >= 4 is 17.3 Å². The maximum Gasteiger partial charge on any atom is 0.317 e. The summed E-state index contributed by atoms with van der Waals surface area (Å²) in [5, 5.41) is 0. The van der Waals surface area contributed by atoms with E-state index in [4.69, 9.17) is 9.47 Å². The molecule has 134 valence electrons. The smallest absolute Gasteiger partial charge is 0.317 e. The van der Waals surface area contributed by atoms with Crippen LogP contribution in [0, 0.1) is 5.92 Å². The molecule has 4 heteroatoms. The van der Waals surface area contributed by atoms with Gasteiger partial charge in [0.25, 0.3) is 0 Å². The second kappa shape index (κ2) is 8.00. The third kappa shape index (κ3) is 3.69. The van der Waals surface area contributed by atoms with Crippen LogP contribution in [-0.4, -0.2) is 25.5 Å². The van der Waals surface area contributed by atoms with Crippen molar-refractivity contribution in [1.29, 1.82) is 0 Å². The first-order valence-electron chi connectivity index (χ1n) is 8.74. The highest BCUT2D eigenvalue weighted by Crippen LogP contribution is 2.40. The molecular formula is C22H22O4. The van der Waals surface area contributed by atoms with Crippen LogP contribution in [0.15, 0.2) is 60.7 Å². The molecule has 0 radical (unpaired) electrons. The Balaban J connectivity index is 2.01. The van der Waals surface area contributed by atoms with Gasteiger partial charge in [0.1, 0.15) is 11.7 Å². The summed E-state index contributed by atoms with van der Waals surface area (Å²) < 4.78 is 10.5. The molecule has 2 atom stereocenters. The molecule has 0 amide bonds. The fourth-order valence-electron chi connectivity index (χ4n) is 3.42. The number of ether oxygens (including phenoxy) is 2. The summed E-state index contributed by atoms with van der Waals surface area (Å²) >= 11 is 0. The van der Waals surface area contributed by atoms with Crippen LogP contribution in [0.4, 0.5) is 0 Å². The van der Waals surface area contributed by atoms with Gasteiger partial charge in [0, 0.05) is 5.92 Å². The lowest BCUT2D eigenvalue weighted by atomic mass is 9.73. The number of ketones is 1. The fourth-order valence-corrected chi connectivity index (χ4v) is 3.42. The molecule has 26 heavy (non-hydrogen) atoms. The monoisotopic (exact) mass is 350 g/mol. The molecule has 0 N–H and O–H groups in total. The summed E-state index contributed by atoms with van der Waals surface area (Å²) in [6.07, 6.45) is 2.17. The predicted octanol–water partition coefficient (Wildman–Crippen LogP) is 4.01. The Morgan fingerprint density at radius 3 is 2.58 bits per heavy atom. The van der Waals surface area contributed by atoms with E-state index >= 15 is 0 Å². The van der Waals surface area contributed by atoms with E-state index in [1.54, 1.807) is 20.1 Å². The summed E-state index contributed by atoms with van der Waals surface area (Å²) in [6, 6.07) is 17.3. The molecule has 3 rings (SSSR count). The number of hydrogen-bond acceptors (Lipinski definition) is 4. The molecule has 2 aromatic carbocycles. The molecule has 0 saturated carbocycles. The van der Waals surface area contributed by atoms with E-state index in [0.29, 0.717) is 6.42 Å². The minimum absolute atomic E-state index is 0.207. The summed E-state index contributed by atoms with van der Waals surface area (Å²) in [4.78, 5) is 25.3. The molecule has 0 saturated heterocycles. The highest BCUT2D eigenvalue weighted by Gasteiger charge is 2.39. The van der Waals surface area contributed by atoms with Crippen LogP contribution in [0.5, 0.6) is 5.75 Å². The highest BCUT2D eigenvalue weighted by molar-refractivity contribution is 6.10. The molecule has 0 aromatic heterocycles. The number of hydrogen-bond donors (Lipinski definition) is 0. The molecule has 0 aliphatic heterocycles. The maximum absolute atomic E-state index is 12.8. The summed E-state index contributed by atoms with van der Waals surface area (Å²) in [6.45, 7) is 2.01. The molecular weight excluding hydrogens is 328 g/mol. The zero-order chi connectivity index (χ0) is 18.5. The molecule has 0 spiro atoms. The molecule has 1 aliphatic carbocycles. The molecule has 1 aliphatic rings. The Labute approximate surface area is 153 Å². The van der Waals surface area contributed by atoms with Crippen LogP contribution >= 0.6 is 0 Å². The van der Waals surface area contributed by atoms with Crippen LogP contribution in [0.1, 0.15) is 30.4 Å². The van der Waals surface area contributed by atoms with Crippen molar-refractivity contribution in [2.45, 2.75) is 19.3 Å². The number of methoxy groups -OCH3 is 1. The largest absolute Gasteiger partial charge is 0.497 e. The Morgan fingerprint density at radius 1 is 1.12 bits per heavy atom. The van der Waals surface area contributed by atoms with Crippen LogP contribution in [0.25, 0.3) is 5.57 Å². The zero-order valence-electron chi connectivity index (χ0n) is 15.0. The average molecular weight is 350 g/mol. The number of rotatable bonds is 5. The zero-order valence-corrected chi connectivity index (χ0v) is 15.0. The van der Waals surface area contributed by atoms with Gasteiger partial charge in [-0.1, -0.05) is 42.5 Å². The highest BCUT2D eigenvalue weighted by atomic mass is 16.5. The molecule has 0 unspecified atom stereocenters. The van der Waals surface area contributed by atoms with Crippen molar-refractivity contribution in [3.05, 3.63) is 71.8 Å². The minimum atomic E-state index is -0.799. The van der Waals surface area contributed by atoms with Gasteiger partial charge in [-0.15, -0.1) is 0 Å². The molecule has 0 bridgehead atoms. The average Bonchev–Trinajstić information content (AvgIpc) is 2.68. The van der Waals surface area contributed by atoms with Gasteiger partial charge in [0.05, 0.1) is 13.7 Å². The van der Waals surface area contributed by atoms with E-state index in [2.05, 4.69) is 0 Å². The van der Waals surface area contributed by atoms with Gasteiger partial charge < -0.3 is 9.47 Å². The SMILES string of the molecule is CCOC(=O)[C@H]1C(=O)C=C(c2cccc(OC)c2)C[C@@H]1c1ccccc1. The lowest BCUT2D eigenvalue weighted by molar-refractivity contribution is -0.151. The second-order valence-corrected chi connectivity index (χ2v) is 6.25. The third-order valence-corrected chi connectivity index (χ3v) is 4.67. The van der Waals surface area contributed by atoms with Gasteiger partial charge in [-0.25, -0.2) is 0 Å². The van der Waals surface area contributed by atoms with Crippen molar-refractivity contribution in [3.63, 3.8) is 0 Å². The third-order valence-electron chi connectivity index (χ3n) is 4.67. The lowest BCUT2D eigenvalue weighted by Gasteiger charge is -2.29.